The van der Waals surface area contributed by atoms with Gasteiger partial charge in [-0.25, -0.2) is 0 Å². The molecule has 0 spiro atoms. The maximum atomic E-state index is 5.85. The second kappa shape index (κ2) is 5.27. The Hall–Kier alpha value is -1.43. The molecule has 2 aromatic rings. The summed E-state index contributed by atoms with van der Waals surface area (Å²) < 4.78 is 1.67. The van der Waals surface area contributed by atoms with E-state index in [0.717, 1.165) is 11.3 Å². The summed E-state index contributed by atoms with van der Waals surface area (Å²) in [5.74, 6) is 5.56. The van der Waals surface area contributed by atoms with Crippen LogP contribution in [-0.2, 0) is 13.5 Å². The van der Waals surface area contributed by atoms with Gasteiger partial charge < -0.3 is 0 Å². The molecule has 0 radical (unpaired) electrons. The third-order valence-corrected chi connectivity index (χ3v) is 2.79. The smallest absolute Gasteiger partial charge is 0.0846 e. The molecule has 90 valence electrons. The maximum Gasteiger partial charge on any atom is 0.0846 e. The average Bonchev–Trinajstić information content (AvgIpc) is 2.73. The molecule has 0 saturated heterocycles. The summed E-state index contributed by atoms with van der Waals surface area (Å²) in [6, 6.07) is 7.59. The number of hydrazine groups is 1. The number of benzene rings is 1. The summed E-state index contributed by atoms with van der Waals surface area (Å²) in [7, 11) is 1.84. The molecular formula is C11H14ClN5. The standard InChI is InChI=1S/C11H14ClN5/c1-17-7-10(15-16-17)6-11(14-13)8-2-4-9(12)5-3-8/h2-5,7,11,14H,6,13H2,1H3. The van der Waals surface area contributed by atoms with Crippen molar-refractivity contribution in [1.82, 2.24) is 20.4 Å². The van der Waals surface area contributed by atoms with Crippen LogP contribution in [0.5, 0.6) is 0 Å². The number of hydrogen-bond donors (Lipinski definition) is 2. The van der Waals surface area contributed by atoms with E-state index in [-0.39, 0.29) is 6.04 Å². The molecule has 17 heavy (non-hydrogen) atoms. The van der Waals surface area contributed by atoms with Gasteiger partial charge in [0.15, 0.2) is 0 Å². The Bertz CT molecular complexity index is 479. The second-order valence-electron chi connectivity index (χ2n) is 3.86. The first-order valence-electron chi connectivity index (χ1n) is 5.26. The number of aromatic nitrogens is 3. The van der Waals surface area contributed by atoms with Gasteiger partial charge in [0.05, 0.1) is 11.7 Å². The van der Waals surface area contributed by atoms with Crippen LogP contribution in [0.15, 0.2) is 30.5 Å². The van der Waals surface area contributed by atoms with E-state index in [1.165, 1.54) is 0 Å². The molecule has 6 heteroatoms. The number of aryl methyl sites for hydroxylation is 1. The molecule has 0 aliphatic carbocycles. The van der Waals surface area contributed by atoms with Gasteiger partial charge in [-0.15, -0.1) is 5.10 Å². The third kappa shape index (κ3) is 3.03. The molecule has 0 amide bonds. The SMILES string of the molecule is Cn1cc(CC(NN)c2ccc(Cl)cc2)nn1. The van der Waals surface area contributed by atoms with Crippen LogP contribution < -0.4 is 11.3 Å². The molecule has 1 unspecified atom stereocenters. The van der Waals surface area contributed by atoms with Gasteiger partial charge in [0, 0.05) is 24.7 Å². The van der Waals surface area contributed by atoms with Crippen molar-refractivity contribution in [2.24, 2.45) is 12.9 Å². The zero-order valence-corrected chi connectivity index (χ0v) is 10.2. The normalized spacial score (nSPS) is 12.6. The van der Waals surface area contributed by atoms with Crippen molar-refractivity contribution in [3.05, 3.63) is 46.7 Å². The fraction of sp³-hybridized carbons (Fsp3) is 0.273. The van der Waals surface area contributed by atoms with Crippen LogP contribution in [0, 0.1) is 0 Å². The van der Waals surface area contributed by atoms with Crippen LogP contribution in [0.2, 0.25) is 5.02 Å². The average molecular weight is 252 g/mol. The van der Waals surface area contributed by atoms with E-state index in [2.05, 4.69) is 15.7 Å². The Morgan fingerprint density at radius 2 is 2.12 bits per heavy atom. The van der Waals surface area contributed by atoms with E-state index in [0.29, 0.717) is 11.4 Å². The predicted octanol–water partition coefficient (Wildman–Crippen LogP) is 1.22. The van der Waals surface area contributed by atoms with Crippen molar-refractivity contribution in [2.75, 3.05) is 0 Å². The zero-order valence-electron chi connectivity index (χ0n) is 9.47. The maximum absolute atomic E-state index is 5.85. The number of rotatable bonds is 4. The number of nitrogens with zero attached hydrogens (tertiary/aromatic N) is 3. The van der Waals surface area contributed by atoms with E-state index in [1.54, 1.807) is 4.68 Å². The lowest BCUT2D eigenvalue weighted by Gasteiger charge is -2.14. The summed E-state index contributed by atoms with van der Waals surface area (Å²) in [6.07, 6.45) is 2.56. The highest BCUT2D eigenvalue weighted by Crippen LogP contribution is 2.18. The summed E-state index contributed by atoms with van der Waals surface area (Å²) in [4.78, 5) is 0. The summed E-state index contributed by atoms with van der Waals surface area (Å²) in [5.41, 5.74) is 4.74. The highest BCUT2D eigenvalue weighted by atomic mass is 35.5. The minimum atomic E-state index is 0.00367. The van der Waals surface area contributed by atoms with Crippen LogP contribution in [0.3, 0.4) is 0 Å². The topological polar surface area (TPSA) is 68.8 Å². The van der Waals surface area contributed by atoms with Crippen molar-refractivity contribution >= 4 is 11.6 Å². The van der Waals surface area contributed by atoms with Crippen LogP contribution >= 0.6 is 11.6 Å². The first kappa shape index (κ1) is 12.0. The Morgan fingerprint density at radius 1 is 1.41 bits per heavy atom. The lowest BCUT2D eigenvalue weighted by atomic mass is 10.0. The molecule has 2 rings (SSSR count). The van der Waals surface area contributed by atoms with Gasteiger partial charge >= 0.3 is 0 Å². The quantitative estimate of drug-likeness (QED) is 0.633. The van der Waals surface area contributed by atoms with E-state index < -0.39 is 0 Å². The Kier molecular flexibility index (Phi) is 3.73. The van der Waals surface area contributed by atoms with Crippen molar-refractivity contribution in [2.45, 2.75) is 12.5 Å². The second-order valence-corrected chi connectivity index (χ2v) is 4.29. The highest BCUT2D eigenvalue weighted by molar-refractivity contribution is 6.30. The van der Waals surface area contributed by atoms with Crippen LogP contribution in [0.4, 0.5) is 0 Å². The minimum absolute atomic E-state index is 0.00367. The predicted molar refractivity (Wildman–Crippen MR) is 66.2 cm³/mol. The number of nitrogens with two attached hydrogens (primary N) is 1. The van der Waals surface area contributed by atoms with Crippen LogP contribution in [0.1, 0.15) is 17.3 Å². The molecule has 0 aliphatic heterocycles. The molecule has 1 heterocycles. The van der Waals surface area contributed by atoms with E-state index in [9.17, 15) is 0 Å². The van der Waals surface area contributed by atoms with Gasteiger partial charge in [0.1, 0.15) is 0 Å². The van der Waals surface area contributed by atoms with Crippen molar-refractivity contribution in [1.29, 1.82) is 0 Å². The first-order valence-corrected chi connectivity index (χ1v) is 5.63. The molecule has 3 N–H and O–H groups in total. The van der Waals surface area contributed by atoms with E-state index >= 15 is 0 Å². The Morgan fingerprint density at radius 3 is 2.65 bits per heavy atom. The number of nitrogens with one attached hydrogen (secondary N) is 1. The molecule has 1 atom stereocenters. The van der Waals surface area contributed by atoms with Gasteiger partial charge in [0.25, 0.3) is 0 Å². The third-order valence-electron chi connectivity index (χ3n) is 2.54. The monoisotopic (exact) mass is 251 g/mol. The van der Waals surface area contributed by atoms with Gasteiger partial charge in [-0.2, -0.15) is 0 Å². The van der Waals surface area contributed by atoms with E-state index in [1.807, 2.05) is 37.5 Å². The van der Waals surface area contributed by atoms with Crippen molar-refractivity contribution < 1.29 is 0 Å². The van der Waals surface area contributed by atoms with Crippen molar-refractivity contribution in [3.8, 4) is 0 Å². The van der Waals surface area contributed by atoms with Gasteiger partial charge in [-0.1, -0.05) is 28.9 Å². The van der Waals surface area contributed by atoms with E-state index in [4.69, 9.17) is 17.4 Å². The van der Waals surface area contributed by atoms with Gasteiger partial charge in [-0.3, -0.25) is 16.0 Å². The summed E-state index contributed by atoms with van der Waals surface area (Å²) in [5, 5.41) is 8.64. The van der Waals surface area contributed by atoms with Crippen LogP contribution in [-0.4, -0.2) is 15.0 Å². The minimum Gasteiger partial charge on any atom is -0.271 e. The Labute approximate surface area is 105 Å². The zero-order chi connectivity index (χ0) is 12.3. The molecule has 1 aromatic heterocycles. The lowest BCUT2D eigenvalue weighted by molar-refractivity contribution is 0.545. The van der Waals surface area contributed by atoms with Gasteiger partial charge in [0.2, 0.25) is 0 Å². The fourth-order valence-electron chi connectivity index (χ4n) is 1.67. The first-order chi connectivity index (χ1) is 8.19. The van der Waals surface area contributed by atoms with Crippen molar-refractivity contribution in [3.63, 3.8) is 0 Å². The molecule has 0 bridgehead atoms. The largest absolute Gasteiger partial charge is 0.271 e. The lowest BCUT2D eigenvalue weighted by Crippen LogP contribution is -2.29. The number of hydrogen-bond acceptors (Lipinski definition) is 4. The van der Waals surface area contributed by atoms with Crippen LogP contribution in [0.25, 0.3) is 0 Å². The highest BCUT2D eigenvalue weighted by Gasteiger charge is 2.12. The molecular weight excluding hydrogens is 238 g/mol. The Balaban J connectivity index is 2.13. The summed E-state index contributed by atoms with van der Waals surface area (Å²) >= 11 is 5.85. The molecule has 5 nitrogen and oxygen atoms in total. The molecule has 0 saturated carbocycles. The fourth-order valence-corrected chi connectivity index (χ4v) is 1.79. The number of halogens is 1. The molecule has 0 aliphatic rings. The van der Waals surface area contributed by atoms with Gasteiger partial charge in [-0.05, 0) is 17.7 Å². The molecule has 0 fully saturated rings. The summed E-state index contributed by atoms with van der Waals surface area (Å²) in [6.45, 7) is 0. The molecule has 1 aromatic carbocycles.